The number of hydrogen-bond donors (Lipinski definition) is 0. The molecule has 1 aliphatic rings. The number of carbonyl (C=O) groups excluding carboxylic acids is 1. The molecule has 5 nitrogen and oxygen atoms in total. The van der Waals surface area contributed by atoms with Crippen LogP contribution in [0.4, 0.5) is 0 Å². The number of carbonyl (C=O) groups is 1. The first-order valence-electron chi connectivity index (χ1n) is 7.69. The number of halogens is 2. The van der Waals surface area contributed by atoms with E-state index in [4.69, 9.17) is 0 Å². The molecule has 0 aromatic heterocycles. The highest BCUT2D eigenvalue weighted by Gasteiger charge is 2.31. The Morgan fingerprint density at radius 3 is 2.20 bits per heavy atom. The molecule has 1 amide bonds. The van der Waals surface area contributed by atoms with Crippen LogP contribution in [0.5, 0.6) is 0 Å². The van der Waals surface area contributed by atoms with Gasteiger partial charge < -0.3 is 4.90 Å². The van der Waals surface area contributed by atoms with Crippen LogP contribution in [0.1, 0.15) is 10.4 Å². The van der Waals surface area contributed by atoms with Crippen LogP contribution >= 0.6 is 31.9 Å². The van der Waals surface area contributed by atoms with Crippen molar-refractivity contribution in [3.8, 4) is 0 Å². The molecule has 2 aromatic carbocycles. The lowest BCUT2D eigenvalue weighted by atomic mass is 10.2. The summed E-state index contributed by atoms with van der Waals surface area (Å²) >= 11 is 6.62. The summed E-state index contributed by atoms with van der Waals surface area (Å²) in [4.78, 5) is 14.4. The number of rotatable bonds is 3. The summed E-state index contributed by atoms with van der Waals surface area (Å²) in [6, 6.07) is 14.1. The van der Waals surface area contributed by atoms with Gasteiger partial charge in [0.1, 0.15) is 0 Å². The number of benzene rings is 2. The first-order valence-corrected chi connectivity index (χ1v) is 10.7. The molecule has 8 heteroatoms. The largest absolute Gasteiger partial charge is 0.336 e. The highest BCUT2D eigenvalue weighted by atomic mass is 79.9. The smallest absolute Gasteiger partial charge is 0.253 e. The quantitative estimate of drug-likeness (QED) is 0.667. The summed E-state index contributed by atoms with van der Waals surface area (Å²) in [5.74, 6) is -0.0683. The maximum atomic E-state index is 12.9. The Hall–Kier alpha value is -1.22. The molecule has 0 N–H and O–H groups in total. The van der Waals surface area contributed by atoms with Crippen molar-refractivity contribution in [2.24, 2.45) is 0 Å². The van der Waals surface area contributed by atoms with Crippen molar-refractivity contribution < 1.29 is 13.2 Å². The maximum Gasteiger partial charge on any atom is 0.253 e. The lowest BCUT2D eigenvalue weighted by molar-refractivity contribution is 0.0698. The molecule has 0 unspecified atom stereocenters. The second-order valence-electron chi connectivity index (χ2n) is 5.64. The van der Waals surface area contributed by atoms with Crippen LogP contribution in [0.25, 0.3) is 0 Å². The van der Waals surface area contributed by atoms with Gasteiger partial charge in [0.2, 0.25) is 10.0 Å². The van der Waals surface area contributed by atoms with Gasteiger partial charge in [-0.2, -0.15) is 4.31 Å². The summed E-state index contributed by atoms with van der Waals surface area (Å²) in [5.41, 5.74) is 0.619. The predicted octanol–water partition coefficient (Wildman–Crippen LogP) is 3.36. The highest BCUT2D eigenvalue weighted by molar-refractivity contribution is 9.11. The fraction of sp³-hybridized carbons (Fsp3) is 0.235. The molecule has 0 bridgehead atoms. The minimum Gasteiger partial charge on any atom is -0.336 e. The molecule has 0 atom stereocenters. The molecule has 0 spiro atoms. The lowest BCUT2D eigenvalue weighted by Crippen LogP contribution is -2.50. The molecule has 0 saturated carbocycles. The molecular weight excluding hydrogens is 472 g/mol. The Labute approximate surface area is 163 Å². The van der Waals surface area contributed by atoms with Crippen LogP contribution in [-0.4, -0.2) is 49.7 Å². The molecule has 1 fully saturated rings. The van der Waals surface area contributed by atoms with Crippen LogP contribution in [0.15, 0.2) is 62.4 Å². The van der Waals surface area contributed by atoms with Gasteiger partial charge in [0.15, 0.2) is 0 Å². The minimum atomic E-state index is -3.61. The van der Waals surface area contributed by atoms with E-state index in [1.165, 1.54) is 4.31 Å². The molecule has 25 heavy (non-hydrogen) atoms. The van der Waals surface area contributed by atoms with Crippen LogP contribution in [0, 0.1) is 0 Å². The van der Waals surface area contributed by atoms with E-state index in [0.717, 1.165) is 0 Å². The van der Waals surface area contributed by atoms with Gasteiger partial charge in [0, 0.05) is 40.7 Å². The van der Waals surface area contributed by atoms with E-state index in [1.54, 1.807) is 35.2 Å². The van der Waals surface area contributed by atoms with Crippen molar-refractivity contribution in [3.63, 3.8) is 0 Å². The lowest BCUT2D eigenvalue weighted by Gasteiger charge is -2.34. The fourth-order valence-electron chi connectivity index (χ4n) is 2.71. The normalized spacial score (nSPS) is 16.0. The van der Waals surface area contributed by atoms with E-state index in [9.17, 15) is 13.2 Å². The summed E-state index contributed by atoms with van der Waals surface area (Å²) in [6.45, 7) is 1.30. The van der Waals surface area contributed by atoms with Crippen molar-refractivity contribution in [1.82, 2.24) is 9.21 Å². The Kier molecular flexibility index (Phi) is 5.62. The number of amides is 1. The van der Waals surface area contributed by atoms with Gasteiger partial charge in [0.25, 0.3) is 5.91 Å². The number of hydrogen-bond acceptors (Lipinski definition) is 3. The van der Waals surface area contributed by atoms with Crippen LogP contribution in [-0.2, 0) is 10.0 Å². The number of nitrogens with zero attached hydrogens (tertiary/aromatic N) is 2. The third-order valence-corrected chi connectivity index (χ3v) is 7.44. The van der Waals surface area contributed by atoms with Crippen molar-refractivity contribution in [1.29, 1.82) is 0 Å². The number of piperazine rings is 1. The molecule has 2 aromatic rings. The van der Waals surface area contributed by atoms with Crippen molar-refractivity contribution in [2.45, 2.75) is 4.90 Å². The molecule has 1 aliphatic heterocycles. The average Bonchev–Trinajstić information content (AvgIpc) is 2.64. The Morgan fingerprint density at radius 1 is 0.920 bits per heavy atom. The summed E-state index contributed by atoms with van der Waals surface area (Å²) in [6.07, 6.45) is 0. The maximum absolute atomic E-state index is 12.9. The van der Waals surface area contributed by atoms with E-state index in [0.29, 0.717) is 27.6 Å². The molecule has 132 valence electrons. The van der Waals surface area contributed by atoms with E-state index < -0.39 is 10.0 Å². The summed E-state index contributed by atoms with van der Waals surface area (Å²) in [7, 11) is -3.61. The molecule has 0 radical (unpaired) electrons. The third kappa shape index (κ3) is 3.97. The van der Waals surface area contributed by atoms with Gasteiger partial charge in [-0.1, -0.05) is 34.1 Å². The van der Waals surface area contributed by atoms with Gasteiger partial charge in [0.05, 0.1) is 4.90 Å². The third-order valence-electron chi connectivity index (χ3n) is 4.06. The van der Waals surface area contributed by atoms with E-state index in [-0.39, 0.29) is 23.9 Å². The first-order chi connectivity index (χ1) is 11.9. The molecule has 3 rings (SSSR count). The monoisotopic (exact) mass is 486 g/mol. The van der Waals surface area contributed by atoms with Gasteiger partial charge in [-0.3, -0.25) is 4.79 Å². The topological polar surface area (TPSA) is 57.7 Å². The first kappa shape index (κ1) is 18.6. The second-order valence-corrected chi connectivity index (χ2v) is 9.31. The standard InChI is InChI=1S/C17H16Br2N2O3S/c18-14-6-7-15(19)16(12-14)25(23,24)21-10-8-20(9-11-21)17(22)13-4-2-1-3-5-13/h1-7,12H,8-11H2. The SMILES string of the molecule is O=C(c1ccccc1)N1CCN(S(=O)(=O)c2cc(Br)ccc2Br)CC1. The van der Waals surface area contributed by atoms with Crippen LogP contribution in [0.3, 0.4) is 0 Å². The van der Waals surface area contributed by atoms with E-state index in [2.05, 4.69) is 31.9 Å². The highest BCUT2D eigenvalue weighted by Crippen LogP contribution is 2.28. The van der Waals surface area contributed by atoms with Crippen molar-refractivity contribution in [2.75, 3.05) is 26.2 Å². The summed E-state index contributed by atoms with van der Waals surface area (Å²) < 4.78 is 28.4. The molecule has 1 saturated heterocycles. The van der Waals surface area contributed by atoms with Gasteiger partial charge in [-0.05, 0) is 46.3 Å². The second kappa shape index (κ2) is 7.57. The minimum absolute atomic E-state index is 0.0683. The van der Waals surface area contributed by atoms with E-state index in [1.807, 2.05) is 18.2 Å². The number of sulfonamides is 1. The van der Waals surface area contributed by atoms with Crippen molar-refractivity contribution >= 4 is 47.8 Å². The zero-order chi connectivity index (χ0) is 18.0. The van der Waals surface area contributed by atoms with Gasteiger partial charge in [-0.25, -0.2) is 8.42 Å². The van der Waals surface area contributed by atoms with Gasteiger partial charge >= 0.3 is 0 Å². The average molecular weight is 488 g/mol. The molecule has 0 aliphatic carbocycles. The van der Waals surface area contributed by atoms with Crippen LogP contribution < -0.4 is 0 Å². The summed E-state index contributed by atoms with van der Waals surface area (Å²) in [5, 5.41) is 0. The Bertz CT molecular complexity index is 880. The fourth-order valence-corrected chi connectivity index (χ4v) is 5.59. The van der Waals surface area contributed by atoms with E-state index >= 15 is 0 Å². The van der Waals surface area contributed by atoms with Crippen LogP contribution in [0.2, 0.25) is 0 Å². The van der Waals surface area contributed by atoms with Crippen molar-refractivity contribution in [3.05, 3.63) is 63.0 Å². The molecule has 1 heterocycles. The Morgan fingerprint density at radius 2 is 1.56 bits per heavy atom. The van der Waals surface area contributed by atoms with Gasteiger partial charge in [-0.15, -0.1) is 0 Å². The predicted molar refractivity (Wildman–Crippen MR) is 103 cm³/mol. The Balaban J connectivity index is 1.73. The molecular formula is C17H16Br2N2O3S. The zero-order valence-electron chi connectivity index (χ0n) is 13.2. The zero-order valence-corrected chi connectivity index (χ0v) is 17.2.